The van der Waals surface area contributed by atoms with Crippen molar-refractivity contribution in [2.45, 2.75) is 44.4 Å². The monoisotopic (exact) mass is 272 g/mol. The van der Waals surface area contributed by atoms with Crippen LogP contribution in [-0.2, 0) is 6.42 Å². The van der Waals surface area contributed by atoms with Crippen LogP contribution in [0, 0.1) is 23.5 Å². The minimum atomic E-state index is -0.375. The maximum absolute atomic E-state index is 13.6. The van der Waals surface area contributed by atoms with Crippen LogP contribution in [-0.4, -0.2) is 5.38 Å². The molecule has 0 aromatic heterocycles. The molecule has 0 nitrogen and oxygen atoms in total. The zero-order valence-electron chi connectivity index (χ0n) is 10.6. The molecule has 0 saturated heterocycles. The molecule has 3 atom stereocenters. The molecule has 100 valence electrons. The van der Waals surface area contributed by atoms with Crippen LogP contribution < -0.4 is 0 Å². The van der Waals surface area contributed by atoms with E-state index in [1.165, 1.54) is 12.1 Å². The van der Waals surface area contributed by atoms with Crippen molar-refractivity contribution in [2.75, 3.05) is 0 Å². The highest BCUT2D eigenvalue weighted by molar-refractivity contribution is 6.20. The summed E-state index contributed by atoms with van der Waals surface area (Å²) in [4.78, 5) is 0. The Kier molecular flexibility index (Phi) is 4.60. The summed E-state index contributed by atoms with van der Waals surface area (Å²) in [7, 11) is 0. The van der Waals surface area contributed by atoms with Crippen molar-refractivity contribution in [2.24, 2.45) is 11.8 Å². The predicted molar refractivity (Wildman–Crippen MR) is 70.8 cm³/mol. The fourth-order valence-electron chi connectivity index (χ4n) is 2.89. The summed E-state index contributed by atoms with van der Waals surface area (Å²) in [6.07, 6.45) is 4.87. The first-order valence-corrected chi connectivity index (χ1v) is 7.11. The molecule has 0 aliphatic heterocycles. The van der Waals surface area contributed by atoms with Gasteiger partial charge < -0.3 is 0 Å². The van der Waals surface area contributed by atoms with Gasteiger partial charge >= 0.3 is 0 Å². The molecule has 1 aromatic rings. The van der Waals surface area contributed by atoms with Crippen LogP contribution in [0.2, 0.25) is 0 Å². The Labute approximate surface area is 112 Å². The number of benzene rings is 1. The lowest BCUT2D eigenvalue weighted by Gasteiger charge is -2.32. The number of halogens is 3. The molecular formula is C15H19ClF2. The number of rotatable bonds is 3. The van der Waals surface area contributed by atoms with Gasteiger partial charge in [-0.05, 0) is 61.3 Å². The van der Waals surface area contributed by atoms with E-state index < -0.39 is 0 Å². The van der Waals surface area contributed by atoms with Crippen LogP contribution in [0.4, 0.5) is 8.78 Å². The van der Waals surface area contributed by atoms with E-state index in [4.69, 9.17) is 11.6 Å². The highest BCUT2D eigenvalue weighted by Gasteiger charge is 2.29. The Balaban J connectivity index is 2.09. The van der Waals surface area contributed by atoms with Crippen molar-refractivity contribution in [3.8, 4) is 0 Å². The molecule has 1 fully saturated rings. The zero-order valence-corrected chi connectivity index (χ0v) is 11.4. The summed E-state index contributed by atoms with van der Waals surface area (Å²) in [6.45, 7) is 2.18. The molecule has 0 spiro atoms. The smallest absolute Gasteiger partial charge is 0.126 e. The quantitative estimate of drug-likeness (QED) is 0.684. The Morgan fingerprint density at radius 3 is 2.78 bits per heavy atom. The van der Waals surface area contributed by atoms with Crippen LogP contribution in [0.5, 0.6) is 0 Å². The highest BCUT2D eigenvalue weighted by atomic mass is 35.5. The molecule has 1 aliphatic carbocycles. The fourth-order valence-corrected chi connectivity index (χ4v) is 3.21. The van der Waals surface area contributed by atoms with E-state index in [9.17, 15) is 8.78 Å². The third-order valence-electron chi connectivity index (χ3n) is 4.07. The van der Waals surface area contributed by atoms with Gasteiger partial charge in [0.2, 0.25) is 0 Å². The SMILES string of the molecule is CCC1CCC(Cl)C(Cc2cc(F)ccc2F)C1. The van der Waals surface area contributed by atoms with E-state index >= 15 is 0 Å². The standard InChI is InChI=1S/C15H19ClF2/c1-2-10-3-5-14(16)11(7-10)8-12-9-13(17)4-6-15(12)18/h4,6,9-11,14H,2-3,5,7-8H2,1H3. The van der Waals surface area contributed by atoms with Gasteiger partial charge in [-0.1, -0.05) is 13.3 Å². The third-order valence-corrected chi connectivity index (χ3v) is 4.64. The van der Waals surface area contributed by atoms with E-state index in [2.05, 4.69) is 6.92 Å². The summed E-state index contributed by atoms with van der Waals surface area (Å²) in [5.74, 6) is 0.252. The maximum atomic E-state index is 13.6. The van der Waals surface area contributed by atoms with Gasteiger partial charge in [0, 0.05) is 5.38 Å². The molecule has 1 aliphatic rings. The predicted octanol–water partition coefficient (Wildman–Crippen LogP) is 4.94. The van der Waals surface area contributed by atoms with Gasteiger partial charge in [0.05, 0.1) is 0 Å². The molecule has 0 radical (unpaired) electrons. The molecule has 3 heteroatoms. The van der Waals surface area contributed by atoms with Crippen LogP contribution in [0.1, 0.15) is 38.2 Å². The molecule has 0 heterocycles. The summed E-state index contributed by atoms with van der Waals surface area (Å²) >= 11 is 6.33. The normalized spacial score (nSPS) is 28.3. The summed E-state index contributed by atoms with van der Waals surface area (Å²) in [5.41, 5.74) is 0.461. The van der Waals surface area contributed by atoms with Gasteiger partial charge in [-0.2, -0.15) is 0 Å². The Hall–Kier alpha value is -0.630. The van der Waals surface area contributed by atoms with Crippen LogP contribution in [0.3, 0.4) is 0 Å². The van der Waals surface area contributed by atoms with E-state index in [0.29, 0.717) is 17.9 Å². The average Bonchev–Trinajstić information content (AvgIpc) is 2.36. The first kappa shape index (κ1) is 13.8. The van der Waals surface area contributed by atoms with Gasteiger partial charge in [-0.15, -0.1) is 11.6 Å². The average molecular weight is 273 g/mol. The fraction of sp³-hybridized carbons (Fsp3) is 0.600. The number of hydrogen-bond donors (Lipinski definition) is 0. The Morgan fingerprint density at radius 1 is 1.28 bits per heavy atom. The first-order chi connectivity index (χ1) is 8.60. The van der Waals surface area contributed by atoms with Crippen LogP contribution in [0.15, 0.2) is 18.2 Å². The summed E-state index contributed by atoms with van der Waals surface area (Å²) in [6, 6.07) is 3.66. The van der Waals surface area contributed by atoms with E-state index in [1.54, 1.807) is 0 Å². The van der Waals surface area contributed by atoms with Gasteiger partial charge in [0.15, 0.2) is 0 Å². The minimum absolute atomic E-state index is 0.0930. The minimum Gasteiger partial charge on any atom is -0.207 e. The lowest BCUT2D eigenvalue weighted by molar-refractivity contribution is 0.263. The number of alkyl halides is 1. The second-order valence-corrected chi connectivity index (χ2v) is 5.86. The van der Waals surface area contributed by atoms with Gasteiger partial charge in [-0.3, -0.25) is 0 Å². The lowest BCUT2D eigenvalue weighted by Crippen LogP contribution is -2.27. The van der Waals surface area contributed by atoms with Crippen molar-refractivity contribution in [1.82, 2.24) is 0 Å². The molecule has 1 aromatic carbocycles. The van der Waals surface area contributed by atoms with E-state index in [-0.39, 0.29) is 22.9 Å². The molecule has 3 unspecified atom stereocenters. The van der Waals surface area contributed by atoms with Crippen molar-refractivity contribution in [3.63, 3.8) is 0 Å². The molecule has 18 heavy (non-hydrogen) atoms. The largest absolute Gasteiger partial charge is 0.207 e. The summed E-state index contributed by atoms with van der Waals surface area (Å²) < 4.78 is 26.8. The molecule has 0 bridgehead atoms. The third kappa shape index (κ3) is 3.23. The molecular weight excluding hydrogens is 254 g/mol. The molecule has 0 amide bonds. The lowest BCUT2D eigenvalue weighted by atomic mass is 9.77. The van der Waals surface area contributed by atoms with Crippen LogP contribution >= 0.6 is 11.6 Å². The molecule has 0 N–H and O–H groups in total. The topological polar surface area (TPSA) is 0 Å². The summed E-state index contributed by atoms with van der Waals surface area (Å²) in [5, 5.41) is 0.0930. The Bertz CT molecular complexity index is 405. The Morgan fingerprint density at radius 2 is 2.06 bits per heavy atom. The van der Waals surface area contributed by atoms with E-state index in [0.717, 1.165) is 31.7 Å². The van der Waals surface area contributed by atoms with Crippen LogP contribution in [0.25, 0.3) is 0 Å². The number of hydrogen-bond acceptors (Lipinski definition) is 0. The van der Waals surface area contributed by atoms with Crippen molar-refractivity contribution in [1.29, 1.82) is 0 Å². The van der Waals surface area contributed by atoms with Gasteiger partial charge in [-0.25, -0.2) is 8.78 Å². The van der Waals surface area contributed by atoms with Gasteiger partial charge in [0.1, 0.15) is 11.6 Å². The molecule has 1 saturated carbocycles. The van der Waals surface area contributed by atoms with Crippen molar-refractivity contribution >= 4 is 11.6 Å². The first-order valence-electron chi connectivity index (χ1n) is 6.68. The van der Waals surface area contributed by atoms with E-state index in [1.807, 2.05) is 0 Å². The van der Waals surface area contributed by atoms with Crippen molar-refractivity contribution < 1.29 is 8.78 Å². The molecule has 2 rings (SSSR count). The maximum Gasteiger partial charge on any atom is 0.126 e. The second-order valence-electron chi connectivity index (χ2n) is 5.30. The van der Waals surface area contributed by atoms with Gasteiger partial charge in [0.25, 0.3) is 0 Å². The zero-order chi connectivity index (χ0) is 13.1. The second kappa shape index (κ2) is 6.01. The van der Waals surface area contributed by atoms with Crippen molar-refractivity contribution in [3.05, 3.63) is 35.4 Å². The highest BCUT2D eigenvalue weighted by Crippen LogP contribution is 2.36.